The van der Waals surface area contributed by atoms with Crippen LogP contribution < -0.4 is 14.9 Å². The van der Waals surface area contributed by atoms with Gasteiger partial charge in [0.25, 0.3) is 0 Å². The summed E-state index contributed by atoms with van der Waals surface area (Å²) in [4.78, 5) is 25.7. The van der Waals surface area contributed by atoms with Crippen LogP contribution in [0.25, 0.3) is 22.1 Å². The van der Waals surface area contributed by atoms with Gasteiger partial charge in [0.1, 0.15) is 40.2 Å². The molecule has 166 valence electrons. The molecule has 7 nitrogen and oxygen atoms in total. The predicted molar refractivity (Wildman–Crippen MR) is 121 cm³/mol. The molecule has 8 heteroatoms. The maximum atomic E-state index is 13.4. The van der Waals surface area contributed by atoms with Gasteiger partial charge in [0.05, 0.1) is 24.1 Å². The highest BCUT2D eigenvalue weighted by Crippen LogP contribution is 2.46. The van der Waals surface area contributed by atoms with Gasteiger partial charge in [-0.1, -0.05) is 29.8 Å². The van der Waals surface area contributed by atoms with Crippen LogP contribution in [0.1, 0.15) is 23.5 Å². The highest BCUT2D eigenvalue weighted by Gasteiger charge is 2.34. The van der Waals surface area contributed by atoms with Gasteiger partial charge >= 0.3 is 5.97 Å². The van der Waals surface area contributed by atoms with E-state index in [2.05, 4.69) is 0 Å². The Morgan fingerprint density at radius 2 is 1.79 bits per heavy atom. The number of hydrogen-bond donors (Lipinski definition) is 2. The van der Waals surface area contributed by atoms with Crippen LogP contribution in [-0.2, 0) is 4.79 Å². The van der Waals surface area contributed by atoms with Crippen molar-refractivity contribution in [1.29, 1.82) is 0 Å². The number of halogens is 1. The van der Waals surface area contributed by atoms with Crippen molar-refractivity contribution in [1.82, 2.24) is 0 Å². The Morgan fingerprint density at radius 1 is 1.03 bits per heavy atom. The Balaban J connectivity index is 1.74. The number of esters is 1. The Bertz CT molecular complexity index is 1470. The molecule has 0 spiro atoms. The molecule has 1 aromatic heterocycles. The summed E-state index contributed by atoms with van der Waals surface area (Å²) in [6.07, 6.45) is 1.29. The normalized spacial score (nSPS) is 15.2. The molecule has 3 aromatic carbocycles. The summed E-state index contributed by atoms with van der Waals surface area (Å²) >= 11 is 6.09. The molecule has 4 aromatic rings. The smallest absolute Gasteiger partial charge is 0.312 e. The molecule has 1 atom stereocenters. The highest BCUT2D eigenvalue weighted by atomic mass is 35.5. The van der Waals surface area contributed by atoms with E-state index in [-0.39, 0.29) is 45.2 Å². The summed E-state index contributed by atoms with van der Waals surface area (Å²) in [6, 6.07) is 12.7. The summed E-state index contributed by atoms with van der Waals surface area (Å²) in [6.45, 7) is 0. The largest absolute Gasteiger partial charge is 0.507 e. The minimum absolute atomic E-state index is 0.0186. The van der Waals surface area contributed by atoms with Crippen LogP contribution in [0.4, 0.5) is 0 Å². The number of fused-ring (bicyclic) bond motifs is 3. The van der Waals surface area contributed by atoms with E-state index in [0.29, 0.717) is 22.4 Å². The summed E-state index contributed by atoms with van der Waals surface area (Å²) in [5, 5.41) is 20.5. The van der Waals surface area contributed by atoms with Crippen molar-refractivity contribution >= 4 is 28.5 Å². The third-order valence-electron chi connectivity index (χ3n) is 5.75. The fourth-order valence-electron chi connectivity index (χ4n) is 4.13. The van der Waals surface area contributed by atoms with Gasteiger partial charge < -0.3 is 24.1 Å². The number of aromatic hydroxyl groups is 2. The van der Waals surface area contributed by atoms with Crippen LogP contribution in [0.2, 0.25) is 5.02 Å². The van der Waals surface area contributed by atoms with E-state index < -0.39 is 17.3 Å². The number of phenols is 2. The molecule has 0 saturated heterocycles. The first-order valence-electron chi connectivity index (χ1n) is 10.0. The number of carbonyl (C=O) groups is 1. The molecule has 0 fully saturated rings. The van der Waals surface area contributed by atoms with Gasteiger partial charge in [-0.25, -0.2) is 0 Å². The minimum Gasteiger partial charge on any atom is -0.507 e. The first-order valence-corrected chi connectivity index (χ1v) is 10.4. The van der Waals surface area contributed by atoms with Crippen molar-refractivity contribution in [2.45, 2.75) is 12.3 Å². The Labute approximate surface area is 192 Å². The fourth-order valence-corrected chi connectivity index (χ4v) is 4.32. The number of phenolic OH excluding ortho intramolecular Hbond substituents is 2. The average Bonchev–Trinajstić information content (AvgIpc) is 2.80. The molecule has 0 saturated carbocycles. The molecule has 0 unspecified atom stereocenters. The molecule has 1 aliphatic heterocycles. The van der Waals surface area contributed by atoms with E-state index in [0.717, 1.165) is 0 Å². The third-order valence-corrected chi connectivity index (χ3v) is 6.05. The Morgan fingerprint density at radius 3 is 2.48 bits per heavy atom. The van der Waals surface area contributed by atoms with E-state index in [9.17, 15) is 19.8 Å². The minimum atomic E-state index is -0.558. The number of hydrogen-bond acceptors (Lipinski definition) is 7. The SMILES string of the molecule is COc1ccc(-c2coc3c4c(cc(O)c3c2=O)OC(=O)C[C@@H]4c2ccc(O)c(Cl)c2)cc1. The highest BCUT2D eigenvalue weighted by molar-refractivity contribution is 6.32. The van der Waals surface area contributed by atoms with Gasteiger partial charge in [0, 0.05) is 17.5 Å². The van der Waals surface area contributed by atoms with Crippen LogP contribution >= 0.6 is 11.6 Å². The van der Waals surface area contributed by atoms with Crippen molar-refractivity contribution in [3.8, 4) is 34.1 Å². The number of methoxy groups -OCH3 is 1. The molecule has 5 rings (SSSR count). The molecule has 0 aliphatic carbocycles. The monoisotopic (exact) mass is 464 g/mol. The molecule has 0 amide bonds. The first kappa shape index (κ1) is 20.9. The van der Waals surface area contributed by atoms with Crippen molar-refractivity contribution < 1.29 is 28.9 Å². The van der Waals surface area contributed by atoms with E-state index in [1.165, 1.54) is 18.4 Å². The predicted octanol–water partition coefficient (Wildman–Crippen LogP) is 4.97. The Hall–Kier alpha value is -3.97. The lowest BCUT2D eigenvalue weighted by Gasteiger charge is -2.26. The molecule has 33 heavy (non-hydrogen) atoms. The molecule has 0 radical (unpaired) electrons. The number of carbonyl (C=O) groups excluding carboxylic acids is 1. The summed E-state index contributed by atoms with van der Waals surface area (Å²) < 4.78 is 16.4. The first-order chi connectivity index (χ1) is 15.9. The van der Waals surface area contributed by atoms with Gasteiger partial charge in [0.2, 0.25) is 5.43 Å². The van der Waals surface area contributed by atoms with Crippen LogP contribution in [0.5, 0.6) is 23.0 Å². The zero-order valence-electron chi connectivity index (χ0n) is 17.3. The quantitative estimate of drug-likeness (QED) is 0.325. The van der Waals surface area contributed by atoms with Gasteiger partial charge in [-0.15, -0.1) is 0 Å². The van der Waals surface area contributed by atoms with Gasteiger partial charge in [-0.05, 0) is 35.4 Å². The summed E-state index contributed by atoms with van der Waals surface area (Å²) in [7, 11) is 1.55. The molecule has 2 heterocycles. The maximum Gasteiger partial charge on any atom is 0.312 e. The lowest BCUT2D eigenvalue weighted by atomic mass is 9.85. The van der Waals surface area contributed by atoms with Gasteiger partial charge in [-0.3, -0.25) is 9.59 Å². The second-order valence-corrected chi connectivity index (χ2v) is 8.07. The number of ether oxygens (including phenoxy) is 2. The van der Waals surface area contributed by atoms with Crippen LogP contribution in [0.15, 0.2) is 64.0 Å². The Kier molecular flexibility index (Phi) is 4.98. The lowest BCUT2D eigenvalue weighted by molar-refractivity contribution is -0.135. The standard InChI is InChI=1S/C25H17ClO7/c1-31-14-5-2-12(3-6-14)16-11-32-25-22-15(13-4-7-18(27)17(26)8-13)9-21(29)33-20(22)10-19(28)23(25)24(16)30/h2-8,10-11,15,27-28H,9H2,1H3/t15-/m1/s1. The van der Waals surface area contributed by atoms with E-state index in [1.54, 1.807) is 43.5 Å². The summed E-state index contributed by atoms with van der Waals surface area (Å²) in [5.74, 6) is -0.774. The van der Waals surface area contributed by atoms with Crippen LogP contribution in [0, 0.1) is 0 Å². The number of benzene rings is 3. The van der Waals surface area contributed by atoms with Crippen molar-refractivity contribution in [3.63, 3.8) is 0 Å². The van der Waals surface area contributed by atoms with Crippen molar-refractivity contribution in [2.75, 3.05) is 7.11 Å². The topological polar surface area (TPSA) is 106 Å². The lowest BCUT2D eigenvalue weighted by Crippen LogP contribution is -2.22. The summed E-state index contributed by atoms with van der Waals surface area (Å²) in [5.41, 5.74) is 1.62. The zero-order chi connectivity index (χ0) is 23.3. The van der Waals surface area contributed by atoms with E-state index in [1.807, 2.05) is 0 Å². The number of rotatable bonds is 3. The average molecular weight is 465 g/mol. The molecule has 1 aliphatic rings. The van der Waals surface area contributed by atoms with Gasteiger partial charge in [0.15, 0.2) is 0 Å². The van der Waals surface area contributed by atoms with E-state index >= 15 is 0 Å². The van der Waals surface area contributed by atoms with Crippen molar-refractivity contribution in [3.05, 3.63) is 81.2 Å². The third kappa shape index (κ3) is 3.47. The second kappa shape index (κ2) is 7.86. The maximum absolute atomic E-state index is 13.4. The molecule has 2 N–H and O–H groups in total. The van der Waals surface area contributed by atoms with Gasteiger partial charge in [-0.2, -0.15) is 0 Å². The second-order valence-electron chi connectivity index (χ2n) is 7.66. The zero-order valence-corrected chi connectivity index (χ0v) is 18.1. The fraction of sp³-hybridized carbons (Fsp3) is 0.120. The van der Waals surface area contributed by atoms with E-state index in [4.69, 9.17) is 25.5 Å². The molecule has 0 bridgehead atoms. The van der Waals surface area contributed by atoms with Crippen LogP contribution in [0.3, 0.4) is 0 Å². The molecular weight excluding hydrogens is 448 g/mol. The van der Waals surface area contributed by atoms with Crippen LogP contribution in [-0.4, -0.2) is 23.3 Å². The molecular formula is C25H17ClO7. The van der Waals surface area contributed by atoms with Crippen molar-refractivity contribution in [2.24, 2.45) is 0 Å².